The van der Waals surface area contributed by atoms with Crippen molar-refractivity contribution in [2.45, 2.75) is 33.2 Å². The van der Waals surface area contributed by atoms with Gasteiger partial charge < -0.3 is 15.8 Å². The number of amides is 1. The number of halogens is 1. The molecule has 0 aliphatic rings. The van der Waals surface area contributed by atoms with Crippen molar-refractivity contribution in [1.82, 2.24) is 0 Å². The highest BCUT2D eigenvalue weighted by atomic mass is 19.1. The average Bonchev–Trinajstić information content (AvgIpc) is 2.79. The molecule has 0 radical (unpaired) electrons. The van der Waals surface area contributed by atoms with Crippen molar-refractivity contribution in [3.05, 3.63) is 88.7 Å². The van der Waals surface area contributed by atoms with Crippen molar-refractivity contribution in [3.8, 4) is 11.1 Å². The van der Waals surface area contributed by atoms with Gasteiger partial charge in [-0.3, -0.25) is 14.4 Å². The highest BCUT2D eigenvalue weighted by molar-refractivity contribution is 6.06. The monoisotopic (exact) mass is 462 g/mol. The molecule has 0 spiro atoms. The van der Waals surface area contributed by atoms with E-state index in [4.69, 9.17) is 10.5 Å². The van der Waals surface area contributed by atoms with Gasteiger partial charge in [-0.05, 0) is 78.1 Å². The molecular weight excluding hydrogens is 435 g/mol. The molecule has 0 aliphatic heterocycles. The maximum Gasteiger partial charge on any atom is 0.310 e. The summed E-state index contributed by atoms with van der Waals surface area (Å²) >= 11 is 0. The molecule has 0 fully saturated rings. The zero-order valence-corrected chi connectivity index (χ0v) is 19.2. The molecular formula is C27H27FN2O4. The number of carbonyl (C=O) groups excluding carboxylic acids is 3. The standard InChI is InChI=1S/C27H27FN2O4/c1-3-34-26(32)15-20-6-4-5-7-25(20)30-27(33)23-10-18(8-17(2)31)9-21(13-23)22-11-19(16-29)12-24(28)14-22/h4-7,9-14H,3,8,15-16,29H2,1-2H3,(H,30,33). The Bertz CT molecular complexity index is 1220. The largest absolute Gasteiger partial charge is 0.466 e. The van der Waals surface area contributed by atoms with E-state index in [0.717, 1.165) is 0 Å². The van der Waals surface area contributed by atoms with Gasteiger partial charge in [0.1, 0.15) is 11.6 Å². The van der Waals surface area contributed by atoms with Crippen LogP contribution in [0.5, 0.6) is 0 Å². The molecule has 0 saturated carbocycles. The van der Waals surface area contributed by atoms with E-state index in [1.807, 2.05) is 0 Å². The molecule has 0 aliphatic carbocycles. The number of rotatable bonds is 9. The Kier molecular flexibility index (Phi) is 8.27. The number of ether oxygens (including phenoxy) is 1. The molecule has 6 nitrogen and oxygen atoms in total. The molecule has 3 N–H and O–H groups in total. The number of hydrogen-bond donors (Lipinski definition) is 2. The summed E-state index contributed by atoms with van der Waals surface area (Å²) in [7, 11) is 0. The Hall–Kier alpha value is -3.84. The molecule has 3 rings (SSSR count). The van der Waals surface area contributed by atoms with E-state index in [1.54, 1.807) is 55.5 Å². The van der Waals surface area contributed by atoms with Crippen LogP contribution in [0.25, 0.3) is 11.1 Å². The van der Waals surface area contributed by atoms with Crippen LogP contribution >= 0.6 is 0 Å². The van der Waals surface area contributed by atoms with Gasteiger partial charge in [0, 0.05) is 24.2 Å². The van der Waals surface area contributed by atoms with Crippen LogP contribution in [0.2, 0.25) is 0 Å². The van der Waals surface area contributed by atoms with Crippen LogP contribution < -0.4 is 11.1 Å². The van der Waals surface area contributed by atoms with E-state index in [-0.39, 0.29) is 31.8 Å². The van der Waals surface area contributed by atoms with E-state index >= 15 is 0 Å². The summed E-state index contributed by atoms with van der Waals surface area (Å²) in [6.45, 7) is 3.63. The molecule has 176 valence electrons. The Morgan fingerprint density at radius 3 is 2.35 bits per heavy atom. The SMILES string of the molecule is CCOC(=O)Cc1ccccc1NC(=O)c1cc(CC(C)=O)cc(-c2cc(F)cc(CN)c2)c1. The lowest BCUT2D eigenvalue weighted by atomic mass is 9.96. The van der Waals surface area contributed by atoms with Gasteiger partial charge in [0.25, 0.3) is 5.91 Å². The molecule has 0 bridgehead atoms. The number of nitrogens with one attached hydrogen (secondary N) is 1. The summed E-state index contributed by atoms with van der Waals surface area (Å²) in [6, 6.07) is 16.5. The van der Waals surface area contributed by atoms with E-state index in [2.05, 4.69) is 5.32 Å². The van der Waals surface area contributed by atoms with Gasteiger partial charge in [-0.1, -0.05) is 24.3 Å². The Balaban J connectivity index is 1.97. The van der Waals surface area contributed by atoms with Gasteiger partial charge in [-0.15, -0.1) is 0 Å². The predicted octanol–water partition coefficient (Wildman–Crippen LogP) is 4.44. The highest BCUT2D eigenvalue weighted by Crippen LogP contribution is 2.26. The van der Waals surface area contributed by atoms with Crippen molar-refractivity contribution in [1.29, 1.82) is 0 Å². The first kappa shape index (κ1) is 24.8. The van der Waals surface area contributed by atoms with Crippen molar-refractivity contribution < 1.29 is 23.5 Å². The number of carbonyl (C=O) groups is 3. The fourth-order valence-electron chi connectivity index (χ4n) is 3.67. The topological polar surface area (TPSA) is 98.5 Å². The van der Waals surface area contributed by atoms with Gasteiger partial charge in [-0.2, -0.15) is 0 Å². The van der Waals surface area contributed by atoms with Crippen LogP contribution in [0.4, 0.5) is 10.1 Å². The number of anilines is 1. The first-order valence-electron chi connectivity index (χ1n) is 11.0. The maximum atomic E-state index is 14.1. The van der Waals surface area contributed by atoms with Gasteiger partial charge >= 0.3 is 5.97 Å². The summed E-state index contributed by atoms with van der Waals surface area (Å²) in [6.07, 6.45) is 0.151. The zero-order chi connectivity index (χ0) is 24.7. The van der Waals surface area contributed by atoms with Gasteiger partial charge in [0.2, 0.25) is 0 Å². The molecule has 3 aromatic rings. The Morgan fingerprint density at radius 2 is 1.65 bits per heavy atom. The number of Topliss-reactive ketones (excluding diaryl/α,β-unsaturated/α-hetero) is 1. The van der Waals surface area contributed by atoms with Crippen molar-refractivity contribution in [3.63, 3.8) is 0 Å². The van der Waals surface area contributed by atoms with Gasteiger partial charge in [0.15, 0.2) is 0 Å². The smallest absolute Gasteiger partial charge is 0.310 e. The number of ketones is 1. The molecule has 0 saturated heterocycles. The summed E-state index contributed by atoms with van der Waals surface area (Å²) < 4.78 is 19.1. The van der Waals surface area contributed by atoms with E-state index in [0.29, 0.717) is 39.1 Å². The lowest BCUT2D eigenvalue weighted by Crippen LogP contribution is -2.16. The molecule has 0 heterocycles. The highest BCUT2D eigenvalue weighted by Gasteiger charge is 2.15. The van der Waals surface area contributed by atoms with Crippen LogP contribution in [0.15, 0.2) is 60.7 Å². The van der Waals surface area contributed by atoms with Crippen LogP contribution in [-0.2, 0) is 33.7 Å². The fourth-order valence-corrected chi connectivity index (χ4v) is 3.67. The third-order valence-corrected chi connectivity index (χ3v) is 5.14. The second-order valence-electron chi connectivity index (χ2n) is 7.94. The summed E-state index contributed by atoms with van der Waals surface area (Å²) in [5.74, 6) is -1.31. The molecule has 0 atom stereocenters. The summed E-state index contributed by atoms with van der Waals surface area (Å²) in [5, 5.41) is 2.84. The number of esters is 1. The first-order chi connectivity index (χ1) is 16.3. The quantitative estimate of drug-likeness (QED) is 0.458. The maximum absolute atomic E-state index is 14.1. The van der Waals surface area contributed by atoms with E-state index in [1.165, 1.54) is 19.1 Å². The van der Waals surface area contributed by atoms with Crippen LogP contribution in [0.1, 0.15) is 40.9 Å². The van der Waals surface area contributed by atoms with Crippen molar-refractivity contribution in [2.75, 3.05) is 11.9 Å². The van der Waals surface area contributed by atoms with Gasteiger partial charge in [-0.25, -0.2) is 4.39 Å². The second-order valence-corrected chi connectivity index (χ2v) is 7.94. The molecule has 0 aromatic heterocycles. The lowest BCUT2D eigenvalue weighted by Gasteiger charge is -2.13. The minimum atomic E-state index is -0.436. The van der Waals surface area contributed by atoms with Crippen molar-refractivity contribution in [2.24, 2.45) is 5.73 Å². The second kappa shape index (κ2) is 11.3. The molecule has 1 amide bonds. The first-order valence-corrected chi connectivity index (χ1v) is 11.0. The van der Waals surface area contributed by atoms with Crippen molar-refractivity contribution >= 4 is 23.3 Å². The van der Waals surface area contributed by atoms with Gasteiger partial charge in [0.05, 0.1) is 13.0 Å². The third-order valence-electron chi connectivity index (χ3n) is 5.14. The summed E-state index contributed by atoms with van der Waals surface area (Å²) in [4.78, 5) is 36.9. The molecule has 7 heteroatoms. The van der Waals surface area contributed by atoms with Crippen LogP contribution in [0.3, 0.4) is 0 Å². The van der Waals surface area contributed by atoms with Crippen LogP contribution in [-0.4, -0.2) is 24.3 Å². The average molecular weight is 463 g/mol. The van der Waals surface area contributed by atoms with E-state index < -0.39 is 17.7 Å². The Labute approximate surface area is 197 Å². The zero-order valence-electron chi connectivity index (χ0n) is 19.2. The third kappa shape index (κ3) is 6.59. The number of hydrogen-bond acceptors (Lipinski definition) is 5. The normalized spacial score (nSPS) is 10.6. The predicted molar refractivity (Wildman–Crippen MR) is 129 cm³/mol. The molecule has 34 heavy (non-hydrogen) atoms. The minimum absolute atomic E-state index is 0.0189. The lowest BCUT2D eigenvalue weighted by molar-refractivity contribution is -0.142. The number of nitrogens with two attached hydrogens (primary N) is 1. The fraction of sp³-hybridized carbons (Fsp3) is 0.222. The van der Waals surface area contributed by atoms with Crippen LogP contribution in [0, 0.1) is 5.82 Å². The van der Waals surface area contributed by atoms with E-state index in [9.17, 15) is 18.8 Å². The minimum Gasteiger partial charge on any atom is -0.466 e. The molecule has 0 unspecified atom stereocenters. The number of benzene rings is 3. The summed E-state index contributed by atoms with van der Waals surface area (Å²) in [5.41, 5.74) is 9.49. The number of para-hydroxylation sites is 1. The Morgan fingerprint density at radius 1 is 0.941 bits per heavy atom. The molecule has 3 aromatic carbocycles.